The summed E-state index contributed by atoms with van der Waals surface area (Å²) in [5, 5.41) is 0. The molecule has 0 aromatic heterocycles. The van der Waals surface area contributed by atoms with Gasteiger partial charge in [-0.3, -0.25) is 0 Å². The van der Waals surface area contributed by atoms with Crippen molar-refractivity contribution in [2.75, 3.05) is 21.3 Å². The van der Waals surface area contributed by atoms with Crippen LogP contribution in [0.2, 0.25) is 0 Å². The van der Waals surface area contributed by atoms with Crippen LogP contribution in [-0.2, 0) is 10.2 Å². The van der Waals surface area contributed by atoms with Gasteiger partial charge in [-0.2, -0.15) is 0 Å². The number of ether oxygens (including phenoxy) is 3. The van der Waals surface area contributed by atoms with E-state index in [-0.39, 0.29) is 11.4 Å². The fourth-order valence-electron chi connectivity index (χ4n) is 6.80. The van der Waals surface area contributed by atoms with Gasteiger partial charge in [0.2, 0.25) is 0 Å². The van der Waals surface area contributed by atoms with E-state index in [1.54, 1.807) is 26.4 Å². The van der Waals surface area contributed by atoms with Crippen LogP contribution in [0.4, 0.5) is 0 Å². The summed E-state index contributed by atoms with van der Waals surface area (Å²) >= 11 is 0. The molecule has 4 bridgehead atoms. The van der Waals surface area contributed by atoms with Gasteiger partial charge in [-0.15, -0.1) is 0 Å². The van der Waals surface area contributed by atoms with Gasteiger partial charge in [0.05, 0.1) is 32.5 Å². The van der Waals surface area contributed by atoms with Gasteiger partial charge in [0.1, 0.15) is 11.5 Å². The molecule has 4 nitrogen and oxygen atoms in total. The molecule has 4 aliphatic carbocycles. The van der Waals surface area contributed by atoms with Crippen molar-refractivity contribution in [2.24, 2.45) is 17.8 Å². The molecule has 32 heavy (non-hydrogen) atoms. The largest absolute Gasteiger partial charge is 0.496 e. The Hall–Kier alpha value is -2.93. The molecule has 0 atom stereocenters. The third-order valence-corrected chi connectivity index (χ3v) is 7.78. The number of carbonyl (C=O) groups excluding carboxylic acids is 1. The van der Waals surface area contributed by atoms with E-state index in [4.69, 9.17) is 14.2 Å². The number of hydrogen-bond acceptors (Lipinski definition) is 4. The van der Waals surface area contributed by atoms with Gasteiger partial charge in [-0.1, -0.05) is 11.8 Å². The molecule has 0 aliphatic heterocycles. The lowest BCUT2D eigenvalue weighted by Gasteiger charge is -2.57. The van der Waals surface area contributed by atoms with Crippen molar-refractivity contribution in [3.8, 4) is 23.3 Å². The minimum atomic E-state index is -0.346. The van der Waals surface area contributed by atoms with Crippen LogP contribution in [0.1, 0.15) is 65.6 Å². The Kier molecular flexibility index (Phi) is 5.37. The second-order valence-corrected chi connectivity index (χ2v) is 9.77. The van der Waals surface area contributed by atoms with Crippen molar-refractivity contribution >= 4 is 5.97 Å². The second-order valence-electron chi connectivity index (χ2n) is 9.77. The van der Waals surface area contributed by atoms with Crippen LogP contribution < -0.4 is 9.47 Å². The summed E-state index contributed by atoms with van der Waals surface area (Å²) in [7, 11) is 4.82. The normalized spacial score (nSPS) is 27.4. The molecule has 0 radical (unpaired) electrons. The third-order valence-electron chi connectivity index (χ3n) is 7.78. The maximum absolute atomic E-state index is 11.7. The molecular formula is C28H30O4. The van der Waals surface area contributed by atoms with Gasteiger partial charge in [0.25, 0.3) is 0 Å². The molecule has 4 saturated carbocycles. The first kappa shape index (κ1) is 20.9. The first-order chi connectivity index (χ1) is 15.5. The zero-order valence-electron chi connectivity index (χ0n) is 19.1. The van der Waals surface area contributed by atoms with E-state index in [9.17, 15) is 4.79 Å². The molecule has 6 rings (SSSR count). The van der Waals surface area contributed by atoms with E-state index in [2.05, 4.69) is 17.9 Å². The summed E-state index contributed by atoms with van der Waals surface area (Å²) in [5.41, 5.74) is 3.77. The number of benzene rings is 2. The highest BCUT2D eigenvalue weighted by molar-refractivity contribution is 5.89. The summed E-state index contributed by atoms with van der Waals surface area (Å²) in [6, 6.07) is 11.4. The average molecular weight is 431 g/mol. The molecule has 0 heterocycles. The van der Waals surface area contributed by atoms with E-state index in [1.807, 2.05) is 18.2 Å². The van der Waals surface area contributed by atoms with Crippen LogP contribution in [0, 0.1) is 29.6 Å². The first-order valence-electron chi connectivity index (χ1n) is 11.5. The summed E-state index contributed by atoms with van der Waals surface area (Å²) < 4.78 is 16.3. The SMILES string of the molecule is COC(=O)c1ccc(C#Cc2cc(C34CC5CC(CC(C5)C3)C4)c(OC)cc2OC)cc1. The highest BCUT2D eigenvalue weighted by Gasteiger charge is 2.52. The highest BCUT2D eigenvalue weighted by Crippen LogP contribution is 2.62. The smallest absolute Gasteiger partial charge is 0.337 e. The second kappa shape index (κ2) is 8.20. The van der Waals surface area contributed by atoms with E-state index in [1.165, 1.54) is 51.2 Å². The molecule has 4 fully saturated rings. The van der Waals surface area contributed by atoms with Crippen LogP contribution in [0.3, 0.4) is 0 Å². The molecule has 2 aromatic carbocycles. The van der Waals surface area contributed by atoms with E-state index in [0.717, 1.165) is 40.4 Å². The van der Waals surface area contributed by atoms with Gasteiger partial charge < -0.3 is 14.2 Å². The Morgan fingerprint density at radius 3 is 1.97 bits per heavy atom. The lowest BCUT2D eigenvalue weighted by molar-refractivity contribution is -0.00618. The molecule has 2 aromatic rings. The third kappa shape index (κ3) is 3.64. The van der Waals surface area contributed by atoms with Crippen molar-refractivity contribution < 1.29 is 19.0 Å². The standard InChI is InChI=1S/C28H30O4/c1-30-25-14-26(31-2)24(28-15-19-10-20(16-28)12-21(11-19)17-28)13-23(25)9-6-18-4-7-22(8-5-18)27(29)32-3/h4-5,7-8,13-14,19-21H,10-12,15-17H2,1-3H3. The fraction of sp³-hybridized carbons (Fsp3) is 0.464. The number of rotatable bonds is 4. The van der Waals surface area contributed by atoms with E-state index >= 15 is 0 Å². The summed E-state index contributed by atoms with van der Waals surface area (Å²) in [5.74, 6) is 10.4. The monoisotopic (exact) mass is 430 g/mol. The van der Waals surface area contributed by atoms with Crippen molar-refractivity contribution in [1.29, 1.82) is 0 Å². The molecule has 0 N–H and O–H groups in total. The molecule has 0 saturated heterocycles. The van der Waals surface area contributed by atoms with Crippen LogP contribution >= 0.6 is 0 Å². The van der Waals surface area contributed by atoms with Crippen LogP contribution in [0.25, 0.3) is 0 Å². The van der Waals surface area contributed by atoms with Gasteiger partial charge >= 0.3 is 5.97 Å². The van der Waals surface area contributed by atoms with Gasteiger partial charge in [0, 0.05) is 17.2 Å². The maximum Gasteiger partial charge on any atom is 0.337 e. The number of carbonyl (C=O) groups is 1. The minimum Gasteiger partial charge on any atom is -0.496 e. The van der Waals surface area contributed by atoms with E-state index in [0.29, 0.717) is 5.56 Å². The molecule has 4 aliphatic rings. The zero-order valence-corrected chi connectivity index (χ0v) is 19.1. The molecule has 0 unspecified atom stereocenters. The Bertz CT molecular complexity index is 1050. The molecule has 166 valence electrons. The first-order valence-corrected chi connectivity index (χ1v) is 11.5. The van der Waals surface area contributed by atoms with Gasteiger partial charge in [-0.05, 0) is 92.0 Å². The highest BCUT2D eigenvalue weighted by atomic mass is 16.5. The molecule has 0 spiro atoms. The molecule has 0 amide bonds. The molecule has 4 heteroatoms. The van der Waals surface area contributed by atoms with Crippen molar-refractivity contribution in [3.63, 3.8) is 0 Å². The van der Waals surface area contributed by atoms with Crippen molar-refractivity contribution in [2.45, 2.75) is 43.9 Å². The summed E-state index contributed by atoms with van der Waals surface area (Å²) in [6.07, 6.45) is 8.03. The van der Waals surface area contributed by atoms with E-state index < -0.39 is 0 Å². The summed E-state index contributed by atoms with van der Waals surface area (Å²) in [4.78, 5) is 11.7. The fourth-order valence-corrected chi connectivity index (χ4v) is 6.80. The van der Waals surface area contributed by atoms with Crippen LogP contribution in [0.15, 0.2) is 36.4 Å². The quantitative estimate of drug-likeness (QED) is 0.484. The Morgan fingerprint density at radius 1 is 0.844 bits per heavy atom. The number of esters is 1. The predicted molar refractivity (Wildman–Crippen MR) is 123 cm³/mol. The van der Waals surface area contributed by atoms with Gasteiger partial charge in [-0.25, -0.2) is 4.79 Å². The van der Waals surface area contributed by atoms with Crippen LogP contribution in [0.5, 0.6) is 11.5 Å². The number of hydrogen-bond donors (Lipinski definition) is 0. The summed E-state index contributed by atoms with van der Waals surface area (Å²) in [6.45, 7) is 0. The Morgan fingerprint density at radius 2 is 1.44 bits per heavy atom. The Balaban J connectivity index is 1.52. The predicted octanol–water partition coefficient (Wildman–Crippen LogP) is 5.36. The van der Waals surface area contributed by atoms with Gasteiger partial charge in [0.15, 0.2) is 0 Å². The minimum absolute atomic E-state index is 0.213. The lowest BCUT2D eigenvalue weighted by atomic mass is 9.48. The van der Waals surface area contributed by atoms with Crippen molar-refractivity contribution in [1.82, 2.24) is 0 Å². The maximum atomic E-state index is 11.7. The van der Waals surface area contributed by atoms with Crippen LogP contribution in [-0.4, -0.2) is 27.3 Å². The zero-order chi connectivity index (χ0) is 22.3. The average Bonchev–Trinajstić information content (AvgIpc) is 2.81. The Labute approximate surface area is 190 Å². The topological polar surface area (TPSA) is 44.8 Å². The van der Waals surface area contributed by atoms with Crippen molar-refractivity contribution in [3.05, 3.63) is 58.7 Å². The lowest BCUT2D eigenvalue weighted by Crippen LogP contribution is -2.48. The number of methoxy groups -OCH3 is 3. The molecular weight excluding hydrogens is 400 g/mol.